The minimum atomic E-state index is -0.350. The molecule has 8 nitrogen and oxygen atoms in total. The third-order valence-corrected chi connectivity index (χ3v) is 5.18. The fraction of sp³-hybridized carbons (Fsp3) is 0.500. The van der Waals surface area contributed by atoms with E-state index in [-0.39, 0.29) is 16.7 Å². The van der Waals surface area contributed by atoms with E-state index in [1.165, 1.54) is 4.90 Å². The van der Waals surface area contributed by atoms with Crippen LogP contribution in [0.5, 0.6) is 11.5 Å². The quantitative estimate of drug-likeness (QED) is 0.627. The third kappa shape index (κ3) is 3.24. The zero-order valence-electron chi connectivity index (χ0n) is 15.6. The summed E-state index contributed by atoms with van der Waals surface area (Å²) in [5, 5.41) is 15.6. The molecule has 2 heterocycles. The molecule has 140 valence electrons. The molecular weight excluding hydrogens is 336 g/mol. The molecule has 0 spiro atoms. The van der Waals surface area contributed by atoms with Crippen molar-refractivity contribution < 1.29 is 19.3 Å². The molecule has 2 aromatic rings. The molecule has 0 amide bonds. The Kier molecular flexibility index (Phi) is 5.13. The van der Waals surface area contributed by atoms with Gasteiger partial charge in [-0.2, -0.15) is 5.10 Å². The molecule has 1 aromatic carbocycles. The second-order valence-corrected chi connectivity index (χ2v) is 6.65. The number of nitro groups is 1. The molecule has 0 aliphatic carbocycles. The Bertz CT molecular complexity index is 818. The van der Waals surface area contributed by atoms with Crippen LogP contribution in [0.2, 0.25) is 0 Å². The van der Waals surface area contributed by atoms with Crippen LogP contribution in [0, 0.1) is 24.0 Å². The molecule has 0 bridgehead atoms. The molecule has 1 fully saturated rings. The smallest absolute Gasteiger partial charge is 0.312 e. The molecule has 26 heavy (non-hydrogen) atoms. The topological polar surface area (TPSA) is 83.9 Å². The Balaban J connectivity index is 1.88. The fourth-order valence-corrected chi connectivity index (χ4v) is 3.88. The van der Waals surface area contributed by atoms with Gasteiger partial charge in [-0.05, 0) is 26.0 Å². The lowest BCUT2D eigenvalue weighted by atomic mass is 10.0. The predicted molar refractivity (Wildman–Crippen MR) is 95.7 cm³/mol. The first-order valence-corrected chi connectivity index (χ1v) is 8.71. The lowest BCUT2D eigenvalue weighted by Crippen LogP contribution is -3.09. The Morgan fingerprint density at radius 2 is 2.12 bits per heavy atom. The molecule has 0 saturated carbocycles. The van der Waals surface area contributed by atoms with Crippen LogP contribution in [0.4, 0.5) is 5.69 Å². The van der Waals surface area contributed by atoms with E-state index in [1.807, 2.05) is 12.1 Å². The molecule has 1 aromatic heterocycles. The van der Waals surface area contributed by atoms with Gasteiger partial charge in [0.1, 0.15) is 28.9 Å². The number of hydrogen-bond donors (Lipinski definition) is 1. The van der Waals surface area contributed by atoms with Gasteiger partial charge in [0.05, 0.1) is 31.3 Å². The van der Waals surface area contributed by atoms with Crippen molar-refractivity contribution in [2.75, 3.05) is 20.8 Å². The van der Waals surface area contributed by atoms with Crippen LogP contribution in [0.3, 0.4) is 0 Å². The highest BCUT2D eigenvalue weighted by molar-refractivity contribution is 5.42. The average molecular weight is 361 g/mol. The molecule has 0 radical (unpaired) electrons. The molecular formula is C18H25N4O4+. The number of hydrogen-bond acceptors (Lipinski definition) is 5. The van der Waals surface area contributed by atoms with E-state index in [9.17, 15) is 10.1 Å². The molecule has 1 saturated heterocycles. The second-order valence-electron chi connectivity index (χ2n) is 6.65. The number of rotatable bonds is 6. The first-order chi connectivity index (χ1) is 12.5. The summed E-state index contributed by atoms with van der Waals surface area (Å²) in [5.41, 5.74) is 2.32. The maximum absolute atomic E-state index is 11.2. The molecule has 1 N–H and O–H groups in total. The van der Waals surface area contributed by atoms with Crippen molar-refractivity contribution in [1.29, 1.82) is 0 Å². The second kappa shape index (κ2) is 7.33. The number of quaternary nitrogens is 1. The predicted octanol–water partition coefficient (Wildman–Crippen LogP) is 1.80. The number of nitrogens with one attached hydrogen (secondary N) is 1. The summed E-state index contributed by atoms with van der Waals surface area (Å²) in [6.45, 7) is 5.04. The Morgan fingerprint density at radius 3 is 2.73 bits per heavy atom. The molecule has 8 heteroatoms. The first-order valence-electron chi connectivity index (χ1n) is 8.71. The van der Waals surface area contributed by atoms with Crippen LogP contribution in [-0.2, 0) is 6.67 Å². The average Bonchev–Trinajstić information content (AvgIpc) is 3.18. The number of aryl methyl sites for hydroxylation is 1. The van der Waals surface area contributed by atoms with E-state index < -0.39 is 0 Å². The largest absolute Gasteiger partial charge is 0.497 e. The van der Waals surface area contributed by atoms with Crippen molar-refractivity contribution in [3.63, 3.8) is 0 Å². The lowest BCUT2D eigenvalue weighted by Gasteiger charge is -2.23. The van der Waals surface area contributed by atoms with Crippen LogP contribution >= 0.6 is 0 Å². The van der Waals surface area contributed by atoms with Crippen LogP contribution in [-0.4, -0.2) is 35.5 Å². The SMILES string of the molecule is COc1ccc([C@@H]2CCC[NH+]2Cn2nc(C)c([N+](=O)[O-])c2C)c(OC)c1. The van der Waals surface area contributed by atoms with Gasteiger partial charge in [-0.1, -0.05) is 0 Å². The van der Waals surface area contributed by atoms with Crippen molar-refractivity contribution in [2.45, 2.75) is 39.4 Å². The summed E-state index contributed by atoms with van der Waals surface area (Å²) in [6.07, 6.45) is 2.13. The fourth-order valence-electron chi connectivity index (χ4n) is 3.88. The highest BCUT2D eigenvalue weighted by Crippen LogP contribution is 2.32. The Labute approximate surface area is 152 Å². The van der Waals surface area contributed by atoms with Crippen molar-refractivity contribution in [1.82, 2.24) is 9.78 Å². The van der Waals surface area contributed by atoms with Gasteiger partial charge in [0.2, 0.25) is 0 Å². The van der Waals surface area contributed by atoms with Crippen molar-refractivity contribution >= 4 is 5.69 Å². The summed E-state index contributed by atoms with van der Waals surface area (Å²) in [5.74, 6) is 1.58. The standard InChI is InChI=1S/C18H24N4O4/c1-12-18(22(23)24)13(2)21(19-12)11-20-9-5-6-16(20)15-8-7-14(25-3)10-17(15)26-4/h7-8,10,16H,5-6,9,11H2,1-4H3/p+1/t16-/m0/s1. The number of methoxy groups -OCH3 is 2. The van der Waals surface area contributed by atoms with Gasteiger partial charge in [0, 0.05) is 18.9 Å². The number of nitrogens with zero attached hydrogens (tertiary/aromatic N) is 3. The van der Waals surface area contributed by atoms with Gasteiger partial charge in [-0.25, -0.2) is 4.68 Å². The summed E-state index contributed by atoms with van der Waals surface area (Å²) >= 11 is 0. The normalized spacial score (nSPS) is 19.5. The van der Waals surface area contributed by atoms with Gasteiger partial charge in [-0.3, -0.25) is 10.1 Å². The Morgan fingerprint density at radius 1 is 1.35 bits per heavy atom. The van der Waals surface area contributed by atoms with Gasteiger partial charge in [0.25, 0.3) is 0 Å². The number of ether oxygens (including phenoxy) is 2. The summed E-state index contributed by atoms with van der Waals surface area (Å²) in [4.78, 5) is 12.2. The summed E-state index contributed by atoms with van der Waals surface area (Å²) in [7, 11) is 3.30. The van der Waals surface area contributed by atoms with Crippen LogP contribution in [0.25, 0.3) is 0 Å². The molecule has 3 rings (SSSR count). The van der Waals surface area contributed by atoms with Crippen LogP contribution in [0.1, 0.15) is 35.8 Å². The molecule has 1 unspecified atom stereocenters. The van der Waals surface area contributed by atoms with Gasteiger partial charge in [-0.15, -0.1) is 0 Å². The Hall–Kier alpha value is -2.61. The summed E-state index contributed by atoms with van der Waals surface area (Å²) < 4.78 is 12.6. The zero-order valence-corrected chi connectivity index (χ0v) is 15.6. The van der Waals surface area contributed by atoms with E-state index in [4.69, 9.17) is 9.47 Å². The molecule has 1 aliphatic rings. The first kappa shape index (κ1) is 18.2. The highest BCUT2D eigenvalue weighted by atomic mass is 16.6. The maximum Gasteiger partial charge on any atom is 0.312 e. The van der Waals surface area contributed by atoms with E-state index in [1.54, 1.807) is 32.7 Å². The minimum Gasteiger partial charge on any atom is -0.497 e. The van der Waals surface area contributed by atoms with E-state index >= 15 is 0 Å². The van der Waals surface area contributed by atoms with Gasteiger partial charge >= 0.3 is 5.69 Å². The molecule has 1 aliphatic heterocycles. The van der Waals surface area contributed by atoms with Crippen LogP contribution in [0.15, 0.2) is 18.2 Å². The third-order valence-electron chi connectivity index (χ3n) is 5.18. The maximum atomic E-state index is 11.2. The number of aromatic nitrogens is 2. The monoisotopic (exact) mass is 361 g/mol. The van der Waals surface area contributed by atoms with Gasteiger partial charge in [0.15, 0.2) is 6.67 Å². The van der Waals surface area contributed by atoms with E-state index in [0.717, 1.165) is 36.4 Å². The number of benzene rings is 1. The summed E-state index contributed by atoms with van der Waals surface area (Å²) in [6, 6.07) is 6.16. The zero-order chi connectivity index (χ0) is 18.8. The van der Waals surface area contributed by atoms with Gasteiger partial charge < -0.3 is 14.4 Å². The van der Waals surface area contributed by atoms with E-state index in [0.29, 0.717) is 18.1 Å². The highest BCUT2D eigenvalue weighted by Gasteiger charge is 2.34. The minimum absolute atomic E-state index is 0.113. The lowest BCUT2D eigenvalue weighted by molar-refractivity contribution is -0.941. The number of likely N-dealkylation sites (tertiary alicyclic amines) is 1. The molecule has 2 atom stereocenters. The van der Waals surface area contributed by atoms with Crippen molar-refractivity contribution in [3.05, 3.63) is 45.3 Å². The van der Waals surface area contributed by atoms with E-state index in [2.05, 4.69) is 11.2 Å². The van der Waals surface area contributed by atoms with Crippen LogP contribution < -0.4 is 14.4 Å². The van der Waals surface area contributed by atoms with Crippen molar-refractivity contribution in [3.8, 4) is 11.5 Å². The van der Waals surface area contributed by atoms with Crippen molar-refractivity contribution in [2.24, 2.45) is 0 Å².